The molecule has 1 fully saturated rings. The average Bonchev–Trinajstić information content (AvgIpc) is 3.05. The number of hydrogen-bond donors (Lipinski definition) is 0. The molecule has 2 aromatic rings. The molecule has 154 valence electrons. The van der Waals surface area contributed by atoms with Gasteiger partial charge in [-0.2, -0.15) is 0 Å². The number of rotatable bonds is 10. The first kappa shape index (κ1) is 21.2. The zero-order chi connectivity index (χ0) is 20.5. The molecule has 3 rings (SSSR count). The molecule has 5 nitrogen and oxygen atoms in total. The summed E-state index contributed by atoms with van der Waals surface area (Å²) in [4.78, 5) is 27.7. The van der Waals surface area contributed by atoms with E-state index in [9.17, 15) is 9.59 Å². The van der Waals surface area contributed by atoms with Crippen molar-refractivity contribution in [1.82, 2.24) is 4.90 Å². The van der Waals surface area contributed by atoms with Gasteiger partial charge in [-0.15, -0.1) is 0 Å². The molecule has 0 radical (unpaired) electrons. The van der Waals surface area contributed by atoms with Crippen LogP contribution < -0.4 is 0 Å². The van der Waals surface area contributed by atoms with Gasteiger partial charge in [0.25, 0.3) is 0 Å². The maximum atomic E-state index is 12.9. The maximum Gasteiger partial charge on any atom is 0.321 e. The highest BCUT2D eigenvalue weighted by molar-refractivity contribution is 6.06. The molecule has 0 aliphatic carbocycles. The molecule has 1 unspecified atom stereocenters. The van der Waals surface area contributed by atoms with E-state index in [1.165, 1.54) is 0 Å². The lowest BCUT2D eigenvalue weighted by Crippen LogP contribution is -2.41. The molecule has 5 heteroatoms. The smallest absolute Gasteiger partial charge is 0.321 e. The predicted molar refractivity (Wildman–Crippen MR) is 111 cm³/mol. The molecular weight excluding hydrogens is 366 g/mol. The number of carbonyl (C=O) groups is 2. The summed E-state index contributed by atoms with van der Waals surface area (Å²) in [6.45, 7) is 4.41. The van der Waals surface area contributed by atoms with Crippen molar-refractivity contribution in [3.05, 3.63) is 71.8 Å². The maximum absolute atomic E-state index is 12.9. The minimum atomic E-state index is -1.08. The van der Waals surface area contributed by atoms with Gasteiger partial charge >= 0.3 is 5.97 Å². The zero-order valence-electron chi connectivity index (χ0n) is 17.0. The Balaban J connectivity index is 1.58. The highest BCUT2D eigenvalue weighted by atomic mass is 16.5. The Morgan fingerprint density at radius 2 is 1.69 bits per heavy atom. The number of ketones is 1. The molecule has 1 heterocycles. The topological polar surface area (TPSA) is 55.8 Å². The number of nitrogens with zero attached hydrogens (tertiary/aromatic N) is 1. The van der Waals surface area contributed by atoms with Crippen molar-refractivity contribution in [3.63, 3.8) is 0 Å². The summed E-state index contributed by atoms with van der Waals surface area (Å²) in [5.74, 6) is -0.446. The molecule has 2 aromatic carbocycles. The number of likely N-dealkylation sites (tertiary alicyclic amines) is 1. The fraction of sp³-hybridized carbons (Fsp3) is 0.417. The largest absolute Gasteiger partial charge is 0.465 e. The van der Waals surface area contributed by atoms with Crippen LogP contribution in [0.1, 0.15) is 30.9 Å². The summed E-state index contributed by atoms with van der Waals surface area (Å²) in [6, 6.07) is 20.0. The third-order valence-corrected chi connectivity index (χ3v) is 5.31. The van der Waals surface area contributed by atoms with E-state index >= 15 is 0 Å². The molecule has 0 N–H and O–H groups in total. The zero-order valence-corrected chi connectivity index (χ0v) is 17.0. The Labute approximate surface area is 172 Å². The molecular formula is C24H29NO4. The van der Waals surface area contributed by atoms with E-state index in [0.29, 0.717) is 39.1 Å². The minimum Gasteiger partial charge on any atom is -0.465 e. The quantitative estimate of drug-likeness (QED) is 0.349. The van der Waals surface area contributed by atoms with Crippen molar-refractivity contribution in [1.29, 1.82) is 0 Å². The van der Waals surface area contributed by atoms with Gasteiger partial charge in [0.15, 0.2) is 5.78 Å². The number of carbonyl (C=O) groups excluding carboxylic acids is 2. The van der Waals surface area contributed by atoms with Gasteiger partial charge in [-0.3, -0.25) is 14.5 Å². The summed E-state index contributed by atoms with van der Waals surface area (Å²) < 4.78 is 11.0. The first-order chi connectivity index (χ1) is 14.1. The van der Waals surface area contributed by atoms with Gasteiger partial charge in [0.05, 0.1) is 19.8 Å². The Morgan fingerprint density at radius 3 is 2.34 bits per heavy atom. The van der Waals surface area contributed by atoms with E-state index in [0.717, 1.165) is 11.1 Å². The van der Waals surface area contributed by atoms with Crippen LogP contribution in [-0.4, -0.2) is 43.0 Å². The van der Waals surface area contributed by atoms with E-state index in [-0.39, 0.29) is 18.9 Å². The average molecular weight is 395 g/mol. The first-order valence-corrected chi connectivity index (χ1v) is 10.2. The lowest BCUT2D eigenvalue weighted by Gasteiger charge is -2.25. The Hall–Kier alpha value is -2.50. The second-order valence-corrected chi connectivity index (χ2v) is 7.50. The fourth-order valence-electron chi connectivity index (χ4n) is 3.84. The third kappa shape index (κ3) is 5.52. The van der Waals surface area contributed by atoms with Crippen molar-refractivity contribution in [3.8, 4) is 0 Å². The van der Waals surface area contributed by atoms with E-state index < -0.39 is 11.4 Å². The second kappa shape index (κ2) is 10.3. The Bertz CT molecular complexity index is 793. The van der Waals surface area contributed by atoms with Crippen LogP contribution in [0, 0.1) is 5.41 Å². The molecule has 0 bridgehead atoms. The Morgan fingerprint density at radius 1 is 1.03 bits per heavy atom. The molecule has 1 aliphatic heterocycles. The van der Waals surface area contributed by atoms with Crippen LogP contribution in [0.4, 0.5) is 0 Å². The van der Waals surface area contributed by atoms with Crippen LogP contribution in [0.3, 0.4) is 0 Å². The summed E-state index contributed by atoms with van der Waals surface area (Å²) in [6.07, 6.45) is 1.08. The highest BCUT2D eigenvalue weighted by Gasteiger charge is 2.52. The lowest BCUT2D eigenvalue weighted by molar-refractivity contribution is -0.158. The van der Waals surface area contributed by atoms with E-state index in [1.54, 1.807) is 6.92 Å². The number of esters is 1. The summed E-state index contributed by atoms with van der Waals surface area (Å²) in [7, 11) is 0. The first-order valence-electron chi connectivity index (χ1n) is 10.2. The summed E-state index contributed by atoms with van der Waals surface area (Å²) in [5, 5.41) is 0. The number of Topliss-reactive ketones (excluding diaryl/α,β-unsaturated/α-hetero) is 1. The van der Waals surface area contributed by atoms with Gasteiger partial charge in [0, 0.05) is 19.7 Å². The predicted octanol–water partition coefficient (Wildman–Crippen LogP) is 3.62. The van der Waals surface area contributed by atoms with Crippen molar-refractivity contribution in [2.45, 2.75) is 32.9 Å². The van der Waals surface area contributed by atoms with Crippen LogP contribution in [0.5, 0.6) is 0 Å². The van der Waals surface area contributed by atoms with Crippen LogP contribution in [0.2, 0.25) is 0 Å². The summed E-state index contributed by atoms with van der Waals surface area (Å²) in [5.41, 5.74) is 1.16. The lowest BCUT2D eigenvalue weighted by atomic mass is 9.81. The molecule has 0 aromatic heterocycles. The number of hydrogen-bond acceptors (Lipinski definition) is 5. The van der Waals surface area contributed by atoms with E-state index in [2.05, 4.69) is 0 Å². The molecule has 1 atom stereocenters. The van der Waals surface area contributed by atoms with Gasteiger partial charge in [0.1, 0.15) is 5.41 Å². The molecule has 0 saturated carbocycles. The van der Waals surface area contributed by atoms with Crippen LogP contribution >= 0.6 is 0 Å². The Kier molecular flexibility index (Phi) is 7.55. The van der Waals surface area contributed by atoms with Crippen molar-refractivity contribution in [2.24, 2.45) is 5.41 Å². The minimum absolute atomic E-state index is 0.0464. The monoisotopic (exact) mass is 395 g/mol. The van der Waals surface area contributed by atoms with Crippen LogP contribution in [0.25, 0.3) is 0 Å². The van der Waals surface area contributed by atoms with Crippen LogP contribution in [-0.2, 0) is 32.2 Å². The van der Waals surface area contributed by atoms with Crippen LogP contribution in [0.15, 0.2) is 60.7 Å². The SMILES string of the molecule is CCOC(=O)C1(CCCOCc2ccccc2)CN(Cc2ccccc2)CC1=O. The fourth-order valence-corrected chi connectivity index (χ4v) is 3.84. The van der Waals surface area contributed by atoms with Gasteiger partial charge < -0.3 is 9.47 Å². The van der Waals surface area contributed by atoms with Crippen molar-refractivity contribution >= 4 is 11.8 Å². The third-order valence-electron chi connectivity index (χ3n) is 5.31. The summed E-state index contributed by atoms with van der Waals surface area (Å²) >= 11 is 0. The molecule has 0 amide bonds. The molecule has 1 saturated heterocycles. The molecule has 0 spiro atoms. The van der Waals surface area contributed by atoms with Crippen molar-refractivity contribution < 1.29 is 19.1 Å². The standard InChI is InChI=1S/C24H29NO4/c1-2-29-23(27)24(14-9-15-28-18-21-12-7-4-8-13-21)19-25(17-22(24)26)16-20-10-5-3-6-11-20/h3-8,10-13H,2,9,14-19H2,1H3. The van der Waals surface area contributed by atoms with Gasteiger partial charge in [-0.05, 0) is 30.9 Å². The number of benzene rings is 2. The van der Waals surface area contributed by atoms with Gasteiger partial charge in [-0.25, -0.2) is 0 Å². The molecule has 1 aliphatic rings. The molecule has 29 heavy (non-hydrogen) atoms. The van der Waals surface area contributed by atoms with E-state index in [1.807, 2.05) is 65.6 Å². The van der Waals surface area contributed by atoms with Gasteiger partial charge in [-0.1, -0.05) is 60.7 Å². The van der Waals surface area contributed by atoms with Gasteiger partial charge in [0.2, 0.25) is 0 Å². The highest BCUT2D eigenvalue weighted by Crippen LogP contribution is 2.35. The number of ether oxygens (including phenoxy) is 2. The van der Waals surface area contributed by atoms with Crippen molar-refractivity contribution in [2.75, 3.05) is 26.3 Å². The second-order valence-electron chi connectivity index (χ2n) is 7.50. The normalized spacial score (nSPS) is 19.4. The van der Waals surface area contributed by atoms with E-state index in [4.69, 9.17) is 9.47 Å².